The number of piperidine rings is 1. The van der Waals surface area contributed by atoms with Gasteiger partial charge in [0.05, 0.1) is 12.6 Å². The Hall–Kier alpha value is -1.93. The van der Waals surface area contributed by atoms with Crippen molar-refractivity contribution in [2.45, 2.75) is 76.3 Å². The Morgan fingerprint density at radius 3 is 2.46 bits per heavy atom. The third-order valence-electron chi connectivity index (χ3n) is 6.44. The van der Waals surface area contributed by atoms with Crippen LogP contribution in [0.25, 0.3) is 0 Å². The van der Waals surface area contributed by atoms with Gasteiger partial charge in [-0.2, -0.15) is 0 Å². The Labute approximate surface area is 164 Å². The molecule has 1 unspecified atom stereocenters. The van der Waals surface area contributed by atoms with Crippen molar-refractivity contribution in [3.63, 3.8) is 0 Å². The summed E-state index contributed by atoms with van der Waals surface area (Å²) in [4.78, 5) is 42.9. The fourth-order valence-electron chi connectivity index (χ4n) is 4.92. The second kappa shape index (κ2) is 8.61. The maximum atomic E-state index is 12.9. The van der Waals surface area contributed by atoms with Gasteiger partial charge in [-0.05, 0) is 51.6 Å². The van der Waals surface area contributed by atoms with Crippen LogP contribution in [0.3, 0.4) is 0 Å². The number of aromatic nitrogens is 2. The molecule has 3 N–H and O–H groups in total. The zero-order valence-electron chi connectivity index (χ0n) is 16.5. The Morgan fingerprint density at radius 1 is 1.00 bits per heavy atom. The van der Waals surface area contributed by atoms with Crippen LogP contribution < -0.4 is 22.1 Å². The molecule has 0 aromatic carbocycles. The van der Waals surface area contributed by atoms with Gasteiger partial charge in [0, 0.05) is 17.3 Å². The summed E-state index contributed by atoms with van der Waals surface area (Å²) in [6.45, 7) is 2.31. The van der Waals surface area contributed by atoms with Crippen molar-refractivity contribution in [3.8, 4) is 0 Å². The number of hydrogen-bond donors (Lipinski definition) is 3. The maximum absolute atomic E-state index is 12.9. The average molecular weight is 390 g/mol. The summed E-state index contributed by atoms with van der Waals surface area (Å²) in [6.07, 6.45) is 9.96. The molecule has 0 radical (unpaired) electrons. The van der Waals surface area contributed by atoms with Crippen LogP contribution in [-0.4, -0.2) is 40.0 Å². The smallest absolute Gasteiger partial charge is 0.309 e. The summed E-state index contributed by atoms with van der Waals surface area (Å²) >= 11 is 0. The van der Waals surface area contributed by atoms with Gasteiger partial charge in [0.25, 0.3) is 5.56 Å². The normalized spacial score (nSPS) is 23.5. The molecule has 1 amide bonds. The Morgan fingerprint density at radius 2 is 1.71 bits per heavy atom. The molecule has 28 heavy (non-hydrogen) atoms. The third-order valence-corrected chi connectivity index (χ3v) is 6.44. The minimum absolute atomic E-state index is 0.0200. The van der Waals surface area contributed by atoms with Crippen molar-refractivity contribution < 1.29 is 4.79 Å². The van der Waals surface area contributed by atoms with Gasteiger partial charge in [-0.1, -0.05) is 25.7 Å². The molecule has 1 aromatic rings. The highest BCUT2D eigenvalue weighted by Crippen LogP contribution is 2.28. The molecule has 0 spiro atoms. The first-order valence-electron chi connectivity index (χ1n) is 10.8. The summed E-state index contributed by atoms with van der Waals surface area (Å²) in [5, 5.41) is 0. The van der Waals surface area contributed by atoms with Crippen LogP contribution in [0.5, 0.6) is 0 Å². The molecule has 3 aliphatic rings. The fraction of sp³-hybridized carbons (Fsp3) is 0.750. The molecule has 2 heterocycles. The largest absolute Gasteiger partial charge is 0.328 e. The van der Waals surface area contributed by atoms with E-state index < -0.39 is 0 Å². The van der Waals surface area contributed by atoms with Crippen molar-refractivity contribution in [1.82, 2.24) is 25.3 Å². The number of rotatable bonds is 5. The number of H-pyrrole nitrogens is 1. The summed E-state index contributed by atoms with van der Waals surface area (Å²) in [6, 6.07) is -0.201. The highest BCUT2D eigenvalue weighted by atomic mass is 16.2. The molecular formula is C20H31N5O3. The number of amides is 1. The van der Waals surface area contributed by atoms with Gasteiger partial charge in [0.15, 0.2) is 0 Å². The second-order valence-corrected chi connectivity index (χ2v) is 8.41. The summed E-state index contributed by atoms with van der Waals surface area (Å²) in [5.74, 6) is -0.0757. The first-order valence-corrected chi connectivity index (χ1v) is 10.8. The molecule has 4 rings (SSSR count). The van der Waals surface area contributed by atoms with Crippen LogP contribution in [0, 0.1) is 0 Å². The number of fused-ring (bicyclic) bond motifs is 1. The quantitative estimate of drug-likeness (QED) is 0.656. The van der Waals surface area contributed by atoms with E-state index in [9.17, 15) is 14.4 Å². The number of nitrogens with one attached hydrogen (secondary N) is 3. The monoisotopic (exact) mass is 389 g/mol. The van der Waals surface area contributed by atoms with Crippen LogP contribution in [0.1, 0.15) is 81.1 Å². The van der Waals surface area contributed by atoms with E-state index >= 15 is 0 Å². The van der Waals surface area contributed by atoms with Crippen molar-refractivity contribution in [3.05, 3.63) is 32.1 Å². The number of aromatic amines is 1. The number of likely N-dealkylation sites (tertiary alicyclic amines) is 1. The van der Waals surface area contributed by atoms with E-state index in [2.05, 4.69) is 20.7 Å². The van der Waals surface area contributed by atoms with Crippen LogP contribution in [0.4, 0.5) is 0 Å². The van der Waals surface area contributed by atoms with E-state index in [1.165, 1.54) is 17.4 Å². The standard InChI is InChI=1S/C20H31N5O3/c26-17(13-24-11-5-2-6-12-24)23-22-16-10-9-15-18(16)21-20(28)25(19(15)27)14-7-3-1-4-8-14/h14,16,22H,1-13H2,(H,21,28)(H,23,26). The third kappa shape index (κ3) is 4.07. The van der Waals surface area contributed by atoms with Crippen molar-refractivity contribution in [1.29, 1.82) is 0 Å². The molecule has 1 aliphatic heterocycles. The van der Waals surface area contributed by atoms with Gasteiger partial charge < -0.3 is 4.98 Å². The van der Waals surface area contributed by atoms with Crippen LogP contribution in [-0.2, 0) is 11.2 Å². The molecule has 0 bridgehead atoms. The van der Waals surface area contributed by atoms with E-state index in [4.69, 9.17) is 0 Å². The lowest BCUT2D eigenvalue weighted by Crippen LogP contribution is -2.47. The number of nitrogens with zero attached hydrogens (tertiary/aromatic N) is 2. The molecule has 1 saturated carbocycles. The topological polar surface area (TPSA) is 99.2 Å². The predicted octanol–water partition coefficient (Wildman–Crippen LogP) is 1.14. The molecular weight excluding hydrogens is 358 g/mol. The van der Waals surface area contributed by atoms with Crippen LogP contribution in [0.2, 0.25) is 0 Å². The zero-order chi connectivity index (χ0) is 19.5. The Balaban J connectivity index is 1.42. The Kier molecular flexibility index (Phi) is 5.96. The van der Waals surface area contributed by atoms with E-state index in [0.29, 0.717) is 30.6 Å². The Bertz CT molecular complexity index is 818. The predicted molar refractivity (Wildman–Crippen MR) is 106 cm³/mol. The molecule has 8 heteroatoms. The minimum Gasteiger partial charge on any atom is -0.309 e. The second-order valence-electron chi connectivity index (χ2n) is 8.41. The van der Waals surface area contributed by atoms with Crippen molar-refractivity contribution >= 4 is 5.91 Å². The average Bonchev–Trinajstić information content (AvgIpc) is 3.11. The van der Waals surface area contributed by atoms with Gasteiger partial charge in [-0.3, -0.25) is 24.5 Å². The lowest BCUT2D eigenvalue weighted by Gasteiger charge is -2.26. The van der Waals surface area contributed by atoms with Gasteiger partial charge in [-0.25, -0.2) is 10.2 Å². The number of hydrazine groups is 1. The zero-order valence-corrected chi connectivity index (χ0v) is 16.5. The number of carbonyl (C=O) groups is 1. The summed E-state index contributed by atoms with van der Waals surface area (Å²) in [7, 11) is 0. The van der Waals surface area contributed by atoms with E-state index in [1.54, 1.807) is 0 Å². The van der Waals surface area contributed by atoms with Gasteiger partial charge in [-0.15, -0.1) is 0 Å². The maximum Gasteiger partial charge on any atom is 0.328 e. The van der Waals surface area contributed by atoms with Crippen LogP contribution >= 0.6 is 0 Å². The summed E-state index contributed by atoms with van der Waals surface area (Å²) < 4.78 is 1.44. The number of hydrogen-bond acceptors (Lipinski definition) is 5. The van der Waals surface area contributed by atoms with E-state index in [0.717, 1.165) is 51.6 Å². The van der Waals surface area contributed by atoms with E-state index in [1.807, 2.05) is 0 Å². The van der Waals surface area contributed by atoms with Gasteiger partial charge in [0.1, 0.15) is 0 Å². The van der Waals surface area contributed by atoms with Crippen LogP contribution in [0.15, 0.2) is 9.59 Å². The summed E-state index contributed by atoms with van der Waals surface area (Å²) in [5.41, 5.74) is 6.67. The SMILES string of the molecule is O=C(CN1CCCCC1)NNC1CCc2c1[nH]c(=O)n(C1CCCCC1)c2=O. The highest BCUT2D eigenvalue weighted by molar-refractivity contribution is 5.77. The molecule has 2 fully saturated rings. The van der Waals surface area contributed by atoms with Gasteiger partial charge in [0.2, 0.25) is 5.91 Å². The molecule has 1 saturated heterocycles. The molecule has 1 atom stereocenters. The number of carbonyl (C=O) groups excluding carboxylic acids is 1. The van der Waals surface area contributed by atoms with Crippen molar-refractivity contribution in [2.75, 3.05) is 19.6 Å². The minimum atomic E-state index is -0.316. The molecule has 154 valence electrons. The van der Waals surface area contributed by atoms with Crippen molar-refractivity contribution in [2.24, 2.45) is 0 Å². The molecule has 8 nitrogen and oxygen atoms in total. The lowest BCUT2D eigenvalue weighted by molar-refractivity contribution is -0.123. The molecule has 1 aromatic heterocycles. The van der Waals surface area contributed by atoms with Gasteiger partial charge >= 0.3 is 5.69 Å². The first kappa shape index (κ1) is 19.4. The highest BCUT2D eigenvalue weighted by Gasteiger charge is 2.30. The van der Waals surface area contributed by atoms with E-state index in [-0.39, 0.29) is 29.2 Å². The molecule has 2 aliphatic carbocycles. The fourth-order valence-corrected chi connectivity index (χ4v) is 4.92. The lowest BCUT2D eigenvalue weighted by atomic mass is 9.95. The first-order chi connectivity index (χ1) is 13.6.